The largest absolute Gasteiger partial charge is 0.473 e. The van der Waals surface area contributed by atoms with E-state index in [0.29, 0.717) is 54.6 Å². The summed E-state index contributed by atoms with van der Waals surface area (Å²) >= 11 is 5.84. The topological polar surface area (TPSA) is 107 Å². The number of nitrogens with zero attached hydrogens (tertiary/aromatic N) is 7. The van der Waals surface area contributed by atoms with E-state index < -0.39 is 23.2 Å². The lowest BCUT2D eigenvalue weighted by Crippen LogP contribution is -2.51. The Balaban J connectivity index is 1.14. The number of hydrogen-bond donors (Lipinski definition) is 1. The zero-order valence-electron chi connectivity index (χ0n) is 24.3. The third kappa shape index (κ3) is 7.02. The van der Waals surface area contributed by atoms with Gasteiger partial charge in [-0.15, -0.1) is 10.2 Å². The molecule has 0 radical (unpaired) electrons. The quantitative estimate of drug-likeness (QED) is 0.215. The molecule has 1 saturated carbocycles. The summed E-state index contributed by atoms with van der Waals surface area (Å²) in [4.78, 5) is 16.0. The normalized spacial score (nSPS) is 18.1. The van der Waals surface area contributed by atoms with Gasteiger partial charge >= 0.3 is 6.18 Å². The molecule has 2 aliphatic rings. The van der Waals surface area contributed by atoms with Crippen molar-refractivity contribution < 1.29 is 22.3 Å². The molecule has 1 aromatic carbocycles. The number of alkyl halides is 3. The minimum absolute atomic E-state index is 0.0186. The molecule has 1 N–H and O–H groups in total. The number of anilines is 1. The Bertz CT molecular complexity index is 1740. The van der Waals surface area contributed by atoms with E-state index in [1.165, 1.54) is 12.3 Å². The highest BCUT2D eigenvalue weighted by molar-refractivity contribution is 6.30. The van der Waals surface area contributed by atoms with Crippen molar-refractivity contribution in [2.24, 2.45) is 5.41 Å². The number of aromatic nitrogens is 5. The Labute approximate surface area is 261 Å². The average Bonchev–Trinajstić information content (AvgIpc) is 3.59. The van der Waals surface area contributed by atoms with Gasteiger partial charge in [0.15, 0.2) is 5.82 Å². The van der Waals surface area contributed by atoms with Gasteiger partial charge in [-0.2, -0.15) is 23.4 Å². The number of piperazine rings is 1. The van der Waals surface area contributed by atoms with E-state index in [4.69, 9.17) is 16.3 Å². The number of aromatic amines is 1. The lowest BCUT2D eigenvalue weighted by Gasteiger charge is -2.40. The molecule has 4 heterocycles. The molecule has 6 rings (SSSR count). The molecule has 3 aromatic heterocycles. The predicted octanol–water partition coefficient (Wildman–Crippen LogP) is 6.21. The van der Waals surface area contributed by atoms with E-state index in [2.05, 4.69) is 47.9 Å². The lowest BCUT2D eigenvalue weighted by atomic mass is 9.95. The smallest absolute Gasteiger partial charge is 0.451 e. The molecule has 1 aliphatic carbocycles. The second kappa shape index (κ2) is 12.3. The number of nitriles is 1. The maximum Gasteiger partial charge on any atom is 0.451 e. The van der Waals surface area contributed by atoms with Crippen molar-refractivity contribution in [1.82, 2.24) is 30.0 Å². The monoisotopic (exact) mass is 640 g/mol. The van der Waals surface area contributed by atoms with Crippen LogP contribution in [0.3, 0.4) is 0 Å². The van der Waals surface area contributed by atoms with E-state index in [0.717, 1.165) is 29.9 Å². The second-order valence-electron chi connectivity index (χ2n) is 11.5. The van der Waals surface area contributed by atoms with Crippen molar-refractivity contribution in [3.05, 3.63) is 82.1 Å². The van der Waals surface area contributed by atoms with Crippen molar-refractivity contribution in [2.45, 2.75) is 51.6 Å². The average molecular weight is 641 g/mol. The number of pyridine rings is 2. The number of halogens is 5. The fourth-order valence-electron chi connectivity index (χ4n) is 5.41. The number of rotatable bonds is 9. The molecule has 14 heteroatoms. The van der Waals surface area contributed by atoms with Crippen LogP contribution in [0.5, 0.6) is 5.88 Å². The fraction of sp³-hybridized carbons (Fsp3) is 0.387. The molecule has 0 amide bonds. The summed E-state index contributed by atoms with van der Waals surface area (Å²) < 4.78 is 59.2. The highest BCUT2D eigenvalue weighted by Gasteiger charge is 2.44. The van der Waals surface area contributed by atoms with E-state index in [-0.39, 0.29) is 18.5 Å². The highest BCUT2D eigenvalue weighted by Crippen LogP contribution is 2.48. The Morgan fingerprint density at radius 2 is 1.96 bits per heavy atom. The molecular formula is C31H29ClF4N8O. The lowest BCUT2D eigenvalue weighted by molar-refractivity contribution is -0.144. The van der Waals surface area contributed by atoms with Gasteiger partial charge < -0.3 is 14.6 Å². The summed E-state index contributed by atoms with van der Waals surface area (Å²) in [6.45, 7) is 4.70. The van der Waals surface area contributed by atoms with Crippen molar-refractivity contribution in [2.75, 3.05) is 24.5 Å². The highest BCUT2D eigenvalue weighted by atomic mass is 35.5. The van der Waals surface area contributed by atoms with Crippen molar-refractivity contribution in [3.63, 3.8) is 0 Å². The van der Waals surface area contributed by atoms with Gasteiger partial charge in [-0.05, 0) is 56.0 Å². The Hall–Kier alpha value is -4.28. The summed E-state index contributed by atoms with van der Waals surface area (Å²) in [5, 5.41) is 17.0. The maximum absolute atomic E-state index is 14.2. The summed E-state index contributed by atoms with van der Waals surface area (Å²) in [5.74, 6) is -0.513. The summed E-state index contributed by atoms with van der Waals surface area (Å²) in [5.41, 5.74) is 1.88. The zero-order chi connectivity index (χ0) is 31.8. The van der Waals surface area contributed by atoms with Gasteiger partial charge in [0.2, 0.25) is 11.7 Å². The van der Waals surface area contributed by atoms with Crippen molar-refractivity contribution >= 4 is 17.4 Å². The first-order valence-corrected chi connectivity index (χ1v) is 14.8. The van der Waals surface area contributed by atoms with Crippen LogP contribution < -0.4 is 9.64 Å². The predicted molar refractivity (Wildman–Crippen MR) is 158 cm³/mol. The standard InChI is InChI=1S/C31H29ClF4N8O/c1-19-15-44(26-3-2-4-27(39-26)45-17-20-5-6-23(32)12-24(20)33)10-9-43(19)16-25-21(13-30(18-37)7-8-30)11-22(14-38-25)28-40-29(42-41-28)31(34,35)36/h2-6,11-12,14,19H,7-10,13,15-17H2,1H3,(H,40,41,42)/t19-/m0/s1. The SMILES string of the molecule is C[C@H]1CN(c2cccc(OCc3ccc(Cl)cc3F)n2)CCN1Cc1ncc(-c2nnc(C(F)(F)F)[nH]2)cc1CC1(C#N)CC1. The third-order valence-electron chi connectivity index (χ3n) is 8.25. The Kier molecular flexibility index (Phi) is 8.37. The number of ether oxygens (including phenoxy) is 1. The van der Waals surface area contributed by atoms with Gasteiger partial charge in [-0.25, -0.2) is 4.39 Å². The fourth-order valence-corrected chi connectivity index (χ4v) is 5.57. The van der Waals surface area contributed by atoms with E-state index >= 15 is 0 Å². The van der Waals surface area contributed by atoms with Gasteiger partial charge in [0, 0.05) is 60.6 Å². The second-order valence-corrected chi connectivity index (χ2v) is 12.0. The van der Waals surface area contributed by atoms with E-state index in [1.807, 2.05) is 12.1 Å². The van der Waals surface area contributed by atoms with Crippen LogP contribution in [0.15, 0.2) is 48.7 Å². The zero-order valence-corrected chi connectivity index (χ0v) is 25.0. The van der Waals surface area contributed by atoms with E-state index in [1.54, 1.807) is 24.3 Å². The summed E-state index contributed by atoms with van der Waals surface area (Å²) in [6, 6.07) is 14.2. The first-order chi connectivity index (χ1) is 21.5. The number of hydrogen-bond acceptors (Lipinski definition) is 8. The molecule has 1 saturated heterocycles. The van der Waals surface area contributed by atoms with Gasteiger partial charge in [-0.3, -0.25) is 9.88 Å². The van der Waals surface area contributed by atoms with Gasteiger partial charge in [0.1, 0.15) is 18.2 Å². The van der Waals surface area contributed by atoms with Gasteiger partial charge in [0.25, 0.3) is 0 Å². The van der Waals surface area contributed by atoms with E-state index in [9.17, 15) is 22.8 Å². The molecule has 0 spiro atoms. The van der Waals surface area contributed by atoms with Crippen LogP contribution in [0.25, 0.3) is 11.4 Å². The Morgan fingerprint density at radius 3 is 2.64 bits per heavy atom. The number of benzene rings is 1. The van der Waals surface area contributed by atoms with Crippen LogP contribution in [0.1, 0.15) is 42.4 Å². The van der Waals surface area contributed by atoms with Crippen molar-refractivity contribution in [3.8, 4) is 23.3 Å². The van der Waals surface area contributed by atoms with Crippen LogP contribution in [-0.2, 0) is 25.7 Å². The number of H-pyrrole nitrogens is 1. The van der Waals surface area contributed by atoms with Crippen LogP contribution >= 0.6 is 11.6 Å². The summed E-state index contributed by atoms with van der Waals surface area (Å²) in [7, 11) is 0. The van der Waals surface area contributed by atoms with Crippen LogP contribution in [0.2, 0.25) is 5.02 Å². The van der Waals surface area contributed by atoms with Crippen LogP contribution in [0.4, 0.5) is 23.4 Å². The molecule has 2 fully saturated rings. The molecule has 4 aromatic rings. The summed E-state index contributed by atoms with van der Waals surface area (Å²) in [6.07, 6.45) is -1.14. The van der Waals surface area contributed by atoms with Crippen LogP contribution in [0, 0.1) is 22.6 Å². The molecule has 0 unspecified atom stereocenters. The maximum atomic E-state index is 14.2. The first-order valence-electron chi connectivity index (χ1n) is 14.4. The molecule has 234 valence electrons. The molecule has 1 atom stereocenters. The minimum atomic E-state index is -4.64. The Morgan fingerprint density at radius 1 is 1.13 bits per heavy atom. The first kappa shape index (κ1) is 30.7. The molecule has 0 bridgehead atoms. The third-order valence-corrected chi connectivity index (χ3v) is 8.48. The minimum Gasteiger partial charge on any atom is -0.473 e. The molecule has 9 nitrogen and oxygen atoms in total. The van der Waals surface area contributed by atoms with Crippen LogP contribution in [-0.4, -0.2) is 55.7 Å². The van der Waals surface area contributed by atoms with Gasteiger partial charge in [0.05, 0.1) is 17.2 Å². The molecule has 1 aliphatic heterocycles. The molecular weight excluding hydrogens is 612 g/mol. The van der Waals surface area contributed by atoms with Crippen molar-refractivity contribution in [1.29, 1.82) is 5.26 Å². The van der Waals surface area contributed by atoms with Gasteiger partial charge in [-0.1, -0.05) is 23.7 Å². The number of nitrogens with one attached hydrogen (secondary N) is 1. The molecule has 45 heavy (non-hydrogen) atoms.